The number of benzene rings is 2. The normalized spacial score (nSPS) is 11.0. The number of nitrogens with zero attached hydrogens (tertiary/aromatic N) is 1. The van der Waals surface area contributed by atoms with Gasteiger partial charge in [0.25, 0.3) is 11.5 Å². The standard InChI is InChI=1S/C19H16N4O2/c24-18(13-5-6-16-17(10-13)22-11-21-16)20-8-7-14-9-12-3-1-2-4-15(12)23-19(14)25/h1-6,9-11H,7-8H2,(H,20,24)(H,21,22)(H,23,25). The van der Waals surface area contributed by atoms with E-state index in [0.717, 1.165) is 21.9 Å². The van der Waals surface area contributed by atoms with E-state index in [1.165, 1.54) is 0 Å². The van der Waals surface area contributed by atoms with Crippen molar-refractivity contribution in [1.82, 2.24) is 20.3 Å². The number of carbonyl (C=O) groups is 1. The molecule has 1 amide bonds. The minimum atomic E-state index is -0.172. The number of amides is 1. The van der Waals surface area contributed by atoms with E-state index in [4.69, 9.17) is 0 Å². The number of nitrogens with one attached hydrogen (secondary N) is 3. The van der Waals surface area contributed by atoms with Gasteiger partial charge in [0, 0.05) is 23.2 Å². The molecule has 6 nitrogen and oxygen atoms in total. The highest BCUT2D eigenvalue weighted by Crippen LogP contribution is 2.12. The Labute approximate surface area is 142 Å². The summed E-state index contributed by atoms with van der Waals surface area (Å²) in [6.45, 7) is 0.390. The van der Waals surface area contributed by atoms with Gasteiger partial charge in [-0.3, -0.25) is 9.59 Å². The van der Waals surface area contributed by atoms with E-state index >= 15 is 0 Å². The maximum absolute atomic E-state index is 12.3. The third kappa shape index (κ3) is 3.01. The second-order valence-corrected chi connectivity index (χ2v) is 5.85. The van der Waals surface area contributed by atoms with Crippen molar-refractivity contribution in [3.8, 4) is 0 Å². The number of rotatable bonds is 4. The van der Waals surface area contributed by atoms with E-state index in [1.807, 2.05) is 30.3 Å². The molecule has 4 aromatic rings. The summed E-state index contributed by atoms with van der Waals surface area (Å²) in [5, 5.41) is 3.83. The lowest BCUT2D eigenvalue weighted by molar-refractivity contribution is 0.0954. The highest BCUT2D eigenvalue weighted by Gasteiger charge is 2.08. The largest absolute Gasteiger partial charge is 0.352 e. The Kier molecular flexibility index (Phi) is 3.78. The van der Waals surface area contributed by atoms with Gasteiger partial charge in [0.1, 0.15) is 0 Å². The number of carbonyl (C=O) groups excluding carboxylic acids is 1. The molecule has 6 heteroatoms. The van der Waals surface area contributed by atoms with E-state index in [0.29, 0.717) is 24.1 Å². The number of aromatic amines is 2. The molecule has 0 fully saturated rings. The lowest BCUT2D eigenvalue weighted by atomic mass is 10.1. The second-order valence-electron chi connectivity index (χ2n) is 5.85. The molecule has 2 aromatic heterocycles. The number of hydrogen-bond acceptors (Lipinski definition) is 3. The average molecular weight is 332 g/mol. The molecule has 0 spiro atoms. The van der Waals surface area contributed by atoms with Crippen LogP contribution >= 0.6 is 0 Å². The van der Waals surface area contributed by atoms with Gasteiger partial charge >= 0.3 is 0 Å². The van der Waals surface area contributed by atoms with E-state index in [1.54, 1.807) is 24.5 Å². The van der Waals surface area contributed by atoms with Crippen LogP contribution in [-0.2, 0) is 6.42 Å². The van der Waals surface area contributed by atoms with E-state index in [9.17, 15) is 9.59 Å². The van der Waals surface area contributed by atoms with Crippen LogP contribution in [0.25, 0.3) is 21.9 Å². The number of pyridine rings is 1. The molecular weight excluding hydrogens is 316 g/mol. The van der Waals surface area contributed by atoms with Gasteiger partial charge in [0.15, 0.2) is 0 Å². The predicted octanol–water partition coefficient (Wildman–Crippen LogP) is 2.38. The Morgan fingerprint density at radius 1 is 1.08 bits per heavy atom. The van der Waals surface area contributed by atoms with Crippen LogP contribution in [0.2, 0.25) is 0 Å². The summed E-state index contributed by atoms with van der Waals surface area (Å²) in [5.41, 5.74) is 3.55. The zero-order valence-electron chi connectivity index (χ0n) is 13.4. The molecule has 0 aliphatic rings. The van der Waals surface area contributed by atoms with Crippen LogP contribution in [0.3, 0.4) is 0 Å². The number of H-pyrrole nitrogens is 2. The van der Waals surface area contributed by atoms with Crippen LogP contribution in [0.15, 0.2) is 59.7 Å². The van der Waals surface area contributed by atoms with E-state index in [-0.39, 0.29) is 11.5 Å². The van der Waals surface area contributed by atoms with Crippen molar-refractivity contribution in [3.63, 3.8) is 0 Å². The molecule has 0 unspecified atom stereocenters. The SMILES string of the molecule is O=C(NCCc1cc2ccccc2[nH]c1=O)c1ccc2nc[nH]c2c1. The van der Waals surface area contributed by atoms with Crippen molar-refractivity contribution in [2.24, 2.45) is 0 Å². The first kappa shape index (κ1) is 15.1. The molecule has 0 aliphatic heterocycles. The Bertz CT molecular complexity index is 1130. The molecule has 2 aromatic carbocycles. The molecule has 4 rings (SSSR count). The third-order valence-electron chi connectivity index (χ3n) is 4.19. The van der Waals surface area contributed by atoms with Crippen molar-refractivity contribution < 1.29 is 4.79 Å². The Balaban J connectivity index is 1.45. The number of imidazole rings is 1. The minimum absolute atomic E-state index is 0.119. The van der Waals surface area contributed by atoms with Gasteiger partial charge in [-0.15, -0.1) is 0 Å². The van der Waals surface area contributed by atoms with Gasteiger partial charge in [0.2, 0.25) is 0 Å². The molecule has 0 saturated carbocycles. The average Bonchev–Trinajstić information content (AvgIpc) is 3.09. The van der Waals surface area contributed by atoms with Crippen molar-refractivity contribution in [2.45, 2.75) is 6.42 Å². The van der Waals surface area contributed by atoms with Gasteiger partial charge in [0.05, 0.1) is 17.4 Å². The van der Waals surface area contributed by atoms with Crippen molar-refractivity contribution in [2.75, 3.05) is 6.54 Å². The zero-order chi connectivity index (χ0) is 17.2. The quantitative estimate of drug-likeness (QED) is 0.536. The predicted molar refractivity (Wildman–Crippen MR) is 96.7 cm³/mol. The summed E-state index contributed by atoms with van der Waals surface area (Å²) in [7, 11) is 0. The van der Waals surface area contributed by atoms with Crippen molar-refractivity contribution in [1.29, 1.82) is 0 Å². The molecule has 3 N–H and O–H groups in total. The molecule has 0 saturated heterocycles. The summed E-state index contributed by atoms with van der Waals surface area (Å²) in [6, 6.07) is 14.8. The monoisotopic (exact) mass is 332 g/mol. The number of aromatic nitrogens is 3. The zero-order valence-corrected chi connectivity index (χ0v) is 13.4. The topological polar surface area (TPSA) is 90.6 Å². The molecule has 0 bridgehead atoms. The summed E-state index contributed by atoms with van der Waals surface area (Å²) in [6.07, 6.45) is 2.07. The number of para-hydroxylation sites is 1. The molecule has 0 radical (unpaired) electrons. The first-order valence-corrected chi connectivity index (χ1v) is 8.03. The maximum atomic E-state index is 12.3. The fourth-order valence-corrected chi connectivity index (χ4v) is 2.87. The van der Waals surface area contributed by atoms with Crippen LogP contribution in [0.4, 0.5) is 0 Å². The fraction of sp³-hybridized carbons (Fsp3) is 0.105. The van der Waals surface area contributed by atoms with Crippen LogP contribution in [0.5, 0.6) is 0 Å². The van der Waals surface area contributed by atoms with Crippen LogP contribution in [0, 0.1) is 0 Å². The summed E-state index contributed by atoms with van der Waals surface area (Å²) >= 11 is 0. The number of fused-ring (bicyclic) bond motifs is 2. The maximum Gasteiger partial charge on any atom is 0.251 e. The van der Waals surface area contributed by atoms with Crippen molar-refractivity contribution in [3.05, 3.63) is 76.3 Å². The summed E-state index contributed by atoms with van der Waals surface area (Å²) in [4.78, 5) is 34.4. The van der Waals surface area contributed by atoms with Crippen LogP contribution in [0.1, 0.15) is 15.9 Å². The van der Waals surface area contributed by atoms with Crippen molar-refractivity contribution >= 4 is 27.8 Å². The molecule has 124 valence electrons. The lowest BCUT2D eigenvalue weighted by Crippen LogP contribution is -2.27. The van der Waals surface area contributed by atoms with Gasteiger partial charge < -0.3 is 15.3 Å². The molecular formula is C19H16N4O2. The lowest BCUT2D eigenvalue weighted by Gasteiger charge is -2.06. The highest BCUT2D eigenvalue weighted by molar-refractivity contribution is 5.97. The number of hydrogen-bond donors (Lipinski definition) is 3. The summed E-state index contributed by atoms with van der Waals surface area (Å²) < 4.78 is 0. The van der Waals surface area contributed by atoms with Gasteiger partial charge in [-0.05, 0) is 42.1 Å². The van der Waals surface area contributed by atoms with Crippen LogP contribution < -0.4 is 10.9 Å². The first-order chi connectivity index (χ1) is 12.2. The highest BCUT2D eigenvalue weighted by atomic mass is 16.1. The fourth-order valence-electron chi connectivity index (χ4n) is 2.87. The molecule has 0 aliphatic carbocycles. The Hall–Kier alpha value is -3.41. The van der Waals surface area contributed by atoms with E-state index < -0.39 is 0 Å². The molecule has 0 atom stereocenters. The molecule has 25 heavy (non-hydrogen) atoms. The second kappa shape index (κ2) is 6.24. The molecule has 2 heterocycles. The van der Waals surface area contributed by atoms with Gasteiger partial charge in [-0.25, -0.2) is 4.98 Å². The third-order valence-corrected chi connectivity index (χ3v) is 4.19. The van der Waals surface area contributed by atoms with E-state index in [2.05, 4.69) is 20.3 Å². The van der Waals surface area contributed by atoms with Gasteiger partial charge in [-0.1, -0.05) is 18.2 Å². The Morgan fingerprint density at radius 2 is 1.96 bits per heavy atom. The van der Waals surface area contributed by atoms with Crippen LogP contribution in [-0.4, -0.2) is 27.4 Å². The first-order valence-electron chi connectivity index (χ1n) is 8.03. The minimum Gasteiger partial charge on any atom is -0.352 e. The van der Waals surface area contributed by atoms with Gasteiger partial charge in [-0.2, -0.15) is 0 Å². The smallest absolute Gasteiger partial charge is 0.251 e. The summed E-state index contributed by atoms with van der Waals surface area (Å²) in [5.74, 6) is -0.172. The Morgan fingerprint density at radius 3 is 2.88 bits per heavy atom.